The number of ether oxygens (including phenoxy) is 1. The Labute approximate surface area is 107 Å². The predicted octanol–water partition coefficient (Wildman–Crippen LogP) is 2.89. The second-order valence-corrected chi connectivity index (χ2v) is 5.18. The zero-order chi connectivity index (χ0) is 12.4. The fraction of sp³-hybridized carbons (Fsp3) is 0.400. The van der Waals surface area contributed by atoms with Crippen LogP contribution >= 0.6 is 0 Å². The Kier molecular flexibility index (Phi) is 2.92. The zero-order valence-corrected chi connectivity index (χ0v) is 10.4. The normalized spacial score (nSPS) is 18.1. The first-order valence-electron chi connectivity index (χ1n) is 6.52. The van der Waals surface area contributed by atoms with Crippen molar-refractivity contribution in [3.05, 3.63) is 36.5 Å². The van der Waals surface area contributed by atoms with Crippen molar-refractivity contribution in [2.24, 2.45) is 5.73 Å². The van der Waals surface area contributed by atoms with Gasteiger partial charge < -0.3 is 10.5 Å². The maximum atomic E-state index is 6.31. The number of para-hydroxylation sites is 1. The number of rotatable bonds is 3. The number of aromatic nitrogens is 1. The molecule has 1 aromatic heterocycles. The van der Waals surface area contributed by atoms with Crippen LogP contribution in [0, 0.1) is 0 Å². The first-order chi connectivity index (χ1) is 8.77. The maximum Gasteiger partial charge on any atom is 0.130 e. The van der Waals surface area contributed by atoms with E-state index >= 15 is 0 Å². The molecule has 1 fully saturated rings. The van der Waals surface area contributed by atoms with Crippen LogP contribution in [0.5, 0.6) is 5.75 Å². The minimum Gasteiger partial charge on any atom is -0.491 e. The number of fused-ring (bicyclic) bond motifs is 1. The van der Waals surface area contributed by atoms with E-state index in [1.165, 1.54) is 12.8 Å². The molecule has 2 N–H and O–H groups in total. The van der Waals surface area contributed by atoms with Gasteiger partial charge >= 0.3 is 0 Å². The number of hydrogen-bond donors (Lipinski definition) is 1. The molecular formula is C15H18N2O. The largest absolute Gasteiger partial charge is 0.491 e. The van der Waals surface area contributed by atoms with Crippen molar-refractivity contribution in [2.45, 2.75) is 31.2 Å². The molecule has 18 heavy (non-hydrogen) atoms. The van der Waals surface area contributed by atoms with Gasteiger partial charge in [-0.25, -0.2) is 0 Å². The monoisotopic (exact) mass is 242 g/mol. The molecule has 1 aliphatic carbocycles. The Morgan fingerprint density at radius 2 is 1.94 bits per heavy atom. The van der Waals surface area contributed by atoms with Crippen molar-refractivity contribution < 1.29 is 4.74 Å². The molecular weight excluding hydrogens is 224 g/mol. The van der Waals surface area contributed by atoms with Crippen LogP contribution in [0.25, 0.3) is 10.9 Å². The molecule has 2 aromatic rings. The Morgan fingerprint density at radius 1 is 1.17 bits per heavy atom. The summed E-state index contributed by atoms with van der Waals surface area (Å²) in [6.07, 6.45) is 6.36. The van der Waals surface area contributed by atoms with Gasteiger partial charge in [0.15, 0.2) is 0 Å². The second kappa shape index (κ2) is 4.58. The SMILES string of the molecule is NC1(COc2ccnc3ccccc23)CCCC1. The molecule has 1 aliphatic rings. The summed E-state index contributed by atoms with van der Waals surface area (Å²) in [5.74, 6) is 0.886. The van der Waals surface area contributed by atoms with E-state index < -0.39 is 0 Å². The summed E-state index contributed by atoms with van der Waals surface area (Å²) in [6.45, 7) is 0.598. The molecule has 0 unspecified atom stereocenters. The van der Waals surface area contributed by atoms with Gasteiger partial charge in [-0.15, -0.1) is 0 Å². The van der Waals surface area contributed by atoms with Crippen LogP contribution in [-0.4, -0.2) is 17.1 Å². The van der Waals surface area contributed by atoms with Crippen LogP contribution in [0.3, 0.4) is 0 Å². The predicted molar refractivity (Wildman–Crippen MR) is 72.6 cm³/mol. The van der Waals surface area contributed by atoms with Gasteiger partial charge in [-0.05, 0) is 31.0 Å². The standard InChI is InChI=1S/C15H18N2O/c16-15(8-3-4-9-15)11-18-14-7-10-17-13-6-2-1-5-12(13)14/h1-2,5-7,10H,3-4,8-9,11,16H2. The molecule has 1 saturated carbocycles. The van der Waals surface area contributed by atoms with Gasteiger partial charge in [0.05, 0.1) is 11.1 Å². The van der Waals surface area contributed by atoms with E-state index in [-0.39, 0.29) is 5.54 Å². The smallest absolute Gasteiger partial charge is 0.130 e. The van der Waals surface area contributed by atoms with Crippen molar-refractivity contribution >= 4 is 10.9 Å². The molecule has 3 nitrogen and oxygen atoms in total. The van der Waals surface area contributed by atoms with Gasteiger partial charge in [-0.2, -0.15) is 0 Å². The number of nitrogens with zero attached hydrogens (tertiary/aromatic N) is 1. The fourth-order valence-corrected chi connectivity index (χ4v) is 2.64. The van der Waals surface area contributed by atoms with Crippen molar-refractivity contribution in [1.82, 2.24) is 4.98 Å². The molecule has 0 amide bonds. The third-order valence-corrected chi connectivity index (χ3v) is 3.72. The van der Waals surface area contributed by atoms with Crippen molar-refractivity contribution in [2.75, 3.05) is 6.61 Å². The van der Waals surface area contributed by atoms with Crippen LogP contribution in [0.1, 0.15) is 25.7 Å². The van der Waals surface area contributed by atoms with Gasteiger partial charge in [-0.1, -0.05) is 25.0 Å². The third kappa shape index (κ3) is 2.18. The van der Waals surface area contributed by atoms with Crippen LogP contribution < -0.4 is 10.5 Å². The molecule has 0 saturated heterocycles. The maximum absolute atomic E-state index is 6.31. The van der Waals surface area contributed by atoms with E-state index in [0.717, 1.165) is 29.5 Å². The van der Waals surface area contributed by atoms with E-state index in [9.17, 15) is 0 Å². The van der Waals surface area contributed by atoms with Crippen molar-refractivity contribution in [1.29, 1.82) is 0 Å². The van der Waals surface area contributed by atoms with E-state index in [1.54, 1.807) is 6.20 Å². The second-order valence-electron chi connectivity index (χ2n) is 5.18. The van der Waals surface area contributed by atoms with Crippen molar-refractivity contribution in [3.8, 4) is 5.75 Å². The molecule has 3 heteroatoms. The lowest BCUT2D eigenvalue weighted by atomic mass is 10.0. The molecule has 1 heterocycles. The fourth-order valence-electron chi connectivity index (χ4n) is 2.64. The molecule has 0 aliphatic heterocycles. The van der Waals surface area contributed by atoms with Gasteiger partial charge in [0.1, 0.15) is 12.4 Å². The summed E-state index contributed by atoms with van der Waals surface area (Å²) in [5, 5.41) is 1.06. The average molecular weight is 242 g/mol. The van der Waals surface area contributed by atoms with Gasteiger partial charge in [0.2, 0.25) is 0 Å². The highest BCUT2D eigenvalue weighted by atomic mass is 16.5. The molecule has 94 valence electrons. The van der Waals surface area contributed by atoms with E-state index in [0.29, 0.717) is 6.61 Å². The topological polar surface area (TPSA) is 48.1 Å². The number of nitrogens with two attached hydrogens (primary N) is 1. The van der Waals surface area contributed by atoms with Crippen LogP contribution in [-0.2, 0) is 0 Å². The lowest BCUT2D eigenvalue weighted by Crippen LogP contribution is -2.42. The van der Waals surface area contributed by atoms with Crippen LogP contribution in [0.4, 0.5) is 0 Å². The Balaban J connectivity index is 1.82. The molecule has 0 bridgehead atoms. The minimum absolute atomic E-state index is 0.135. The summed E-state index contributed by atoms with van der Waals surface area (Å²) in [7, 11) is 0. The zero-order valence-electron chi connectivity index (χ0n) is 10.4. The highest BCUT2D eigenvalue weighted by Crippen LogP contribution is 2.29. The average Bonchev–Trinajstić information content (AvgIpc) is 2.84. The third-order valence-electron chi connectivity index (χ3n) is 3.72. The highest BCUT2D eigenvalue weighted by molar-refractivity contribution is 5.84. The van der Waals surface area contributed by atoms with E-state index in [4.69, 9.17) is 10.5 Å². The van der Waals surface area contributed by atoms with E-state index in [2.05, 4.69) is 4.98 Å². The molecule has 0 atom stereocenters. The highest BCUT2D eigenvalue weighted by Gasteiger charge is 2.30. The summed E-state index contributed by atoms with van der Waals surface area (Å²) in [6, 6.07) is 9.94. The summed E-state index contributed by atoms with van der Waals surface area (Å²) >= 11 is 0. The van der Waals surface area contributed by atoms with E-state index in [1.807, 2.05) is 30.3 Å². The summed E-state index contributed by atoms with van der Waals surface area (Å²) in [5.41, 5.74) is 7.14. The van der Waals surface area contributed by atoms with Gasteiger partial charge in [0.25, 0.3) is 0 Å². The summed E-state index contributed by atoms with van der Waals surface area (Å²) in [4.78, 5) is 4.33. The molecule has 0 radical (unpaired) electrons. The minimum atomic E-state index is -0.135. The number of hydrogen-bond acceptors (Lipinski definition) is 3. The van der Waals surface area contributed by atoms with Crippen LogP contribution in [0.2, 0.25) is 0 Å². The quantitative estimate of drug-likeness (QED) is 0.900. The van der Waals surface area contributed by atoms with Crippen molar-refractivity contribution in [3.63, 3.8) is 0 Å². The first kappa shape index (κ1) is 11.5. The lowest BCUT2D eigenvalue weighted by molar-refractivity contribution is 0.222. The van der Waals surface area contributed by atoms with Gasteiger partial charge in [-0.3, -0.25) is 4.98 Å². The number of pyridine rings is 1. The molecule has 1 aromatic carbocycles. The first-order valence-corrected chi connectivity index (χ1v) is 6.52. The molecule has 3 rings (SSSR count). The molecule has 0 spiro atoms. The van der Waals surface area contributed by atoms with Gasteiger partial charge in [0, 0.05) is 11.6 Å². The Morgan fingerprint density at radius 3 is 2.78 bits per heavy atom. The lowest BCUT2D eigenvalue weighted by Gasteiger charge is -2.23. The Hall–Kier alpha value is -1.61. The van der Waals surface area contributed by atoms with Crippen LogP contribution in [0.15, 0.2) is 36.5 Å². The summed E-state index contributed by atoms with van der Waals surface area (Å²) < 4.78 is 5.94. The Bertz CT molecular complexity index is 542. The number of benzene rings is 1.